The lowest BCUT2D eigenvalue weighted by atomic mass is 10.0. The van der Waals surface area contributed by atoms with Crippen LogP contribution in [-0.4, -0.2) is 55.7 Å². The van der Waals surface area contributed by atoms with Gasteiger partial charge in [-0.25, -0.2) is 0 Å². The smallest absolute Gasteiger partial charge is 0.231 e. The first-order valence-corrected chi connectivity index (χ1v) is 10.2. The van der Waals surface area contributed by atoms with Crippen molar-refractivity contribution in [3.05, 3.63) is 18.2 Å². The fourth-order valence-corrected chi connectivity index (χ4v) is 4.01. The largest absolute Gasteiger partial charge is 0.454 e. The Morgan fingerprint density at radius 2 is 1.96 bits per heavy atom. The zero-order valence-electron chi connectivity index (χ0n) is 17.2. The van der Waals surface area contributed by atoms with E-state index in [0.29, 0.717) is 36.5 Å². The Labute approximate surface area is 167 Å². The van der Waals surface area contributed by atoms with Crippen molar-refractivity contribution in [2.75, 3.05) is 37.9 Å². The lowest BCUT2D eigenvalue weighted by molar-refractivity contribution is -0.126. The van der Waals surface area contributed by atoms with Crippen LogP contribution < -0.4 is 19.7 Å². The Morgan fingerprint density at radius 1 is 1.25 bits per heavy atom. The maximum atomic E-state index is 12.7. The van der Waals surface area contributed by atoms with E-state index in [1.807, 2.05) is 6.07 Å². The SMILES string of the molecule is CCN(CC)[C@H](CNC(=O)[C@@H]1CC(=O)N(c2ccc3c(c2)OCO3)C1)C(C)C. The summed E-state index contributed by atoms with van der Waals surface area (Å²) in [6.45, 7) is 11.7. The quantitative estimate of drug-likeness (QED) is 0.738. The second-order valence-corrected chi connectivity index (χ2v) is 7.72. The highest BCUT2D eigenvalue weighted by atomic mass is 16.7. The molecular weight excluding hydrogens is 358 g/mol. The molecule has 2 amide bonds. The molecule has 1 aromatic rings. The number of likely N-dealkylation sites (N-methyl/N-ethyl adjacent to an activating group) is 1. The molecule has 2 heterocycles. The summed E-state index contributed by atoms with van der Waals surface area (Å²) < 4.78 is 10.7. The minimum Gasteiger partial charge on any atom is -0.454 e. The maximum Gasteiger partial charge on any atom is 0.231 e. The van der Waals surface area contributed by atoms with E-state index in [2.05, 4.69) is 37.9 Å². The Morgan fingerprint density at radius 3 is 2.64 bits per heavy atom. The van der Waals surface area contributed by atoms with Gasteiger partial charge in [0, 0.05) is 37.3 Å². The van der Waals surface area contributed by atoms with Gasteiger partial charge in [-0.15, -0.1) is 0 Å². The molecule has 28 heavy (non-hydrogen) atoms. The summed E-state index contributed by atoms with van der Waals surface area (Å²) in [5.41, 5.74) is 0.743. The third-order valence-electron chi connectivity index (χ3n) is 5.70. The van der Waals surface area contributed by atoms with E-state index in [-0.39, 0.29) is 30.9 Å². The number of ether oxygens (including phenoxy) is 2. The van der Waals surface area contributed by atoms with Crippen molar-refractivity contribution in [1.29, 1.82) is 0 Å². The van der Waals surface area contributed by atoms with E-state index in [0.717, 1.165) is 18.8 Å². The standard InChI is InChI=1S/C21H31N3O4/c1-5-23(6-2)17(14(3)4)11-22-21(26)15-9-20(25)24(12-15)16-7-8-18-19(10-16)28-13-27-18/h7-8,10,14-15,17H,5-6,9,11-13H2,1-4H3,(H,22,26)/t15-,17-/m1/s1. The number of amides is 2. The minimum absolute atomic E-state index is 0.0387. The van der Waals surface area contributed by atoms with Gasteiger partial charge in [0.1, 0.15) is 0 Å². The first kappa shape index (κ1) is 20.5. The van der Waals surface area contributed by atoms with Gasteiger partial charge in [-0.1, -0.05) is 27.7 Å². The zero-order valence-corrected chi connectivity index (χ0v) is 17.2. The van der Waals surface area contributed by atoms with Crippen molar-refractivity contribution >= 4 is 17.5 Å². The number of rotatable bonds is 8. The van der Waals surface area contributed by atoms with Crippen LogP contribution in [0.2, 0.25) is 0 Å². The number of anilines is 1. The molecule has 154 valence electrons. The maximum absolute atomic E-state index is 12.7. The van der Waals surface area contributed by atoms with Crippen molar-refractivity contribution in [2.45, 2.75) is 40.2 Å². The molecule has 0 radical (unpaired) electrons. The molecule has 1 fully saturated rings. The highest BCUT2D eigenvalue weighted by molar-refractivity contribution is 6.00. The van der Waals surface area contributed by atoms with Crippen LogP contribution in [0.15, 0.2) is 18.2 Å². The Balaban J connectivity index is 1.60. The summed E-state index contributed by atoms with van der Waals surface area (Å²) >= 11 is 0. The summed E-state index contributed by atoms with van der Waals surface area (Å²) in [6.07, 6.45) is 0.234. The Kier molecular flexibility index (Phi) is 6.44. The van der Waals surface area contributed by atoms with Crippen molar-refractivity contribution in [1.82, 2.24) is 10.2 Å². The van der Waals surface area contributed by atoms with E-state index >= 15 is 0 Å². The average Bonchev–Trinajstić information content (AvgIpc) is 3.30. The van der Waals surface area contributed by atoms with Crippen LogP contribution in [0.1, 0.15) is 34.1 Å². The first-order valence-electron chi connectivity index (χ1n) is 10.2. The van der Waals surface area contributed by atoms with Gasteiger partial charge >= 0.3 is 0 Å². The van der Waals surface area contributed by atoms with Gasteiger partial charge in [0.15, 0.2) is 11.5 Å². The molecule has 1 aromatic carbocycles. The lowest BCUT2D eigenvalue weighted by Crippen LogP contribution is -2.48. The molecular formula is C21H31N3O4. The lowest BCUT2D eigenvalue weighted by Gasteiger charge is -2.33. The van der Waals surface area contributed by atoms with Crippen molar-refractivity contribution in [3.63, 3.8) is 0 Å². The van der Waals surface area contributed by atoms with Crippen LogP contribution in [0.4, 0.5) is 5.69 Å². The fourth-order valence-electron chi connectivity index (χ4n) is 4.01. The molecule has 1 N–H and O–H groups in total. The molecule has 0 aliphatic carbocycles. The van der Waals surface area contributed by atoms with Crippen LogP contribution in [-0.2, 0) is 9.59 Å². The number of benzene rings is 1. The summed E-state index contributed by atoms with van der Waals surface area (Å²) in [6, 6.07) is 5.73. The predicted molar refractivity (Wildman–Crippen MR) is 108 cm³/mol. The molecule has 2 aliphatic rings. The van der Waals surface area contributed by atoms with Gasteiger partial charge in [-0.3, -0.25) is 14.5 Å². The van der Waals surface area contributed by atoms with Crippen LogP contribution in [0, 0.1) is 11.8 Å². The Hall–Kier alpha value is -2.28. The van der Waals surface area contributed by atoms with Gasteiger partial charge in [-0.05, 0) is 31.1 Å². The van der Waals surface area contributed by atoms with Gasteiger partial charge < -0.3 is 19.7 Å². The molecule has 0 bridgehead atoms. The van der Waals surface area contributed by atoms with Gasteiger partial charge in [-0.2, -0.15) is 0 Å². The fraction of sp³-hybridized carbons (Fsp3) is 0.619. The van der Waals surface area contributed by atoms with E-state index in [4.69, 9.17) is 9.47 Å². The summed E-state index contributed by atoms with van der Waals surface area (Å²) in [4.78, 5) is 29.3. The van der Waals surface area contributed by atoms with Gasteiger partial charge in [0.05, 0.1) is 5.92 Å². The summed E-state index contributed by atoms with van der Waals surface area (Å²) in [7, 11) is 0. The highest BCUT2D eigenvalue weighted by Crippen LogP contribution is 2.37. The van der Waals surface area contributed by atoms with Gasteiger partial charge in [0.25, 0.3) is 0 Å². The number of hydrogen-bond acceptors (Lipinski definition) is 5. The molecule has 0 unspecified atom stereocenters. The monoisotopic (exact) mass is 389 g/mol. The number of nitrogens with one attached hydrogen (secondary N) is 1. The number of fused-ring (bicyclic) bond motifs is 1. The molecule has 2 atom stereocenters. The molecule has 1 saturated heterocycles. The second-order valence-electron chi connectivity index (χ2n) is 7.72. The average molecular weight is 389 g/mol. The molecule has 0 spiro atoms. The van der Waals surface area contributed by atoms with Crippen LogP contribution >= 0.6 is 0 Å². The van der Waals surface area contributed by atoms with Crippen LogP contribution in [0.5, 0.6) is 11.5 Å². The van der Waals surface area contributed by atoms with E-state index in [1.54, 1.807) is 17.0 Å². The number of nitrogens with zero attached hydrogens (tertiary/aromatic N) is 2. The molecule has 7 nitrogen and oxygen atoms in total. The first-order chi connectivity index (χ1) is 13.4. The molecule has 0 aromatic heterocycles. The Bertz CT molecular complexity index is 718. The number of hydrogen-bond donors (Lipinski definition) is 1. The summed E-state index contributed by atoms with van der Waals surface area (Å²) in [5, 5.41) is 3.09. The van der Waals surface area contributed by atoms with E-state index in [1.165, 1.54) is 0 Å². The third-order valence-corrected chi connectivity index (χ3v) is 5.70. The van der Waals surface area contributed by atoms with Crippen LogP contribution in [0.3, 0.4) is 0 Å². The number of carbonyl (C=O) groups is 2. The third kappa shape index (κ3) is 4.24. The predicted octanol–water partition coefficient (Wildman–Crippen LogP) is 2.25. The van der Waals surface area contributed by atoms with Crippen molar-refractivity contribution < 1.29 is 19.1 Å². The summed E-state index contributed by atoms with van der Waals surface area (Å²) in [5.74, 6) is 1.34. The molecule has 0 saturated carbocycles. The normalized spacial score (nSPS) is 19.6. The van der Waals surface area contributed by atoms with E-state index in [9.17, 15) is 9.59 Å². The molecule has 7 heteroatoms. The van der Waals surface area contributed by atoms with E-state index < -0.39 is 0 Å². The second kappa shape index (κ2) is 8.82. The topological polar surface area (TPSA) is 71.1 Å². The molecule has 3 rings (SSSR count). The van der Waals surface area contributed by atoms with Crippen molar-refractivity contribution in [2.24, 2.45) is 11.8 Å². The zero-order chi connectivity index (χ0) is 20.3. The highest BCUT2D eigenvalue weighted by Gasteiger charge is 2.36. The van der Waals surface area contributed by atoms with Crippen LogP contribution in [0.25, 0.3) is 0 Å². The number of carbonyl (C=O) groups excluding carboxylic acids is 2. The van der Waals surface area contributed by atoms with Crippen molar-refractivity contribution in [3.8, 4) is 11.5 Å². The molecule has 2 aliphatic heterocycles. The minimum atomic E-state index is -0.331. The van der Waals surface area contributed by atoms with Gasteiger partial charge in [0.2, 0.25) is 18.6 Å².